The maximum absolute atomic E-state index is 5.16. The summed E-state index contributed by atoms with van der Waals surface area (Å²) in [6.07, 6.45) is 4.72. The molecule has 0 bridgehead atoms. The minimum absolute atomic E-state index is 0.161. The molecule has 0 fully saturated rings. The molecule has 60 valence electrons. The van der Waals surface area contributed by atoms with Gasteiger partial charge in [0.25, 0.3) is 0 Å². The number of rotatable bonds is 3. The monoisotopic (exact) mass is 169 g/mol. The molecule has 0 saturated carbocycles. The van der Waals surface area contributed by atoms with E-state index in [2.05, 4.69) is 21.4 Å². The van der Waals surface area contributed by atoms with E-state index in [0.29, 0.717) is 0 Å². The molecule has 0 aromatic carbocycles. The highest BCUT2D eigenvalue weighted by atomic mass is 31.0. The molecule has 0 amide bonds. The quantitative estimate of drug-likeness (QED) is 0.648. The van der Waals surface area contributed by atoms with Crippen molar-refractivity contribution in [2.24, 2.45) is 0 Å². The molecule has 0 N–H and O–H groups in total. The molecule has 0 spiro atoms. The summed E-state index contributed by atoms with van der Waals surface area (Å²) in [7, 11) is 2.28. The van der Waals surface area contributed by atoms with Gasteiger partial charge in [0, 0.05) is 21.9 Å². The number of hydrogen-bond acceptors (Lipinski definition) is 2. The van der Waals surface area contributed by atoms with Gasteiger partial charge in [0.05, 0.1) is 6.10 Å². The predicted molar refractivity (Wildman–Crippen MR) is 48.1 cm³/mol. The average Bonchev–Trinajstić information content (AvgIpc) is 2.09. The van der Waals surface area contributed by atoms with Crippen molar-refractivity contribution < 1.29 is 4.52 Å². The molecule has 0 radical (unpaired) electrons. The SMILES string of the molecule is CCC(OP)c1cccnc1. The van der Waals surface area contributed by atoms with Gasteiger partial charge in [-0.1, -0.05) is 13.0 Å². The molecule has 0 aliphatic rings. The van der Waals surface area contributed by atoms with Crippen molar-refractivity contribution in [2.45, 2.75) is 19.4 Å². The molecular formula is C8H12NOP. The molecule has 1 aromatic rings. The summed E-state index contributed by atoms with van der Waals surface area (Å²) < 4.78 is 5.16. The van der Waals surface area contributed by atoms with E-state index in [9.17, 15) is 0 Å². The second-order valence-electron chi connectivity index (χ2n) is 2.32. The van der Waals surface area contributed by atoms with E-state index in [4.69, 9.17) is 4.52 Å². The van der Waals surface area contributed by atoms with E-state index in [1.54, 1.807) is 6.20 Å². The van der Waals surface area contributed by atoms with Crippen LogP contribution >= 0.6 is 9.47 Å². The van der Waals surface area contributed by atoms with Gasteiger partial charge in [0.2, 0.25) is 0 Å². The van der Waals surface area contributed by atoms with Crippen molar-refractivity contribution >= 4 is 9.47 Å². The summed E-state index contributed by atoms with van der Waals surface area (Å²) in [6, 6.07) is 3.94. The Morgan fingerprint density at radius 3 is 3.00 bits per heavy atom. The molecule has 3 heteroatoms. The molecule has 0 saturated heterocycles. The van der Waals surface area contributed by atoms with Crippen LogP contribution in [0.3, 0.4) is 0 Å². The van der Waals surface area contributed by atoms with Crippen molar-refractivity contribution in [3.05, 3.63) is 30.1 Å². The molecule has 1 aromatic heterocycles. The molecule has 2 unspecified atom stereocenters. The zero-order chi connectivity index (χ0) is 8.10. The molecule has 2 atom stereocenters. The fraction of sp³-hybridized carbons (Fsp3) is 0.375. The van der Waals surface area contributed by atoms with Gasteiger partial charge in [-0.05, 0) is 18.1 Å². The fourth-order valence-electron chi connectivity index (χ4n) is 0.977. The second kappa shape index (κ2) is 4.42. The Balaban J connectivity index is 2.74. The third-order valence-electron chi connectivity index (χ3n) is 1.59. The average molecular weight is 169 g/mol. The largest absolute Gasteiger partial charge is 0.358 e. The van der Waals surface area contributed by atoms with Crippen LogP contribution in [-0.2, 0) is 4.52 Å². The standard InChI is InChI=1S/C8H12NOP/c1-2-8(10-11)7-4-3-5-9-6-7/h3-6,8H,2,11H2,1H3. The summed E-state index contributed by atoms with van der Waals surface area (Å²) in [5.41, 5.74) is 1.13. The summed E-state index contributed by atoms with van der Waals surface area (Å²) in [6.45, 7) is 2.09. The zero-order valence-electron chi connectivity index (χ0n) is 6.53. The third kappa shape index (κ3) is 2.25. The molecule has 0 aliphatic carbocycles. The van der Waals surface area contributed by atoms with Crippen molar-refractivity contribution in [3.8, 4) is 0 Å². The minimum Gasteiger partial charge on any atom is -0.358 e. The summed E-state index contributed by atoms with van der Waals surface area (Å²) in [4.78, 5) is 4.01. The summed E-state index contributed by atoms with van der Waals surface area (Å²) >= 11 is 0. The van der Waals surface area contributed by atoms with Crippen LogP contribution in [0.2, 0.25) is 0 Å². The lowest BCUT2D eigenvalue weighted by atomic mass is 10.1. The number of hydrogen-bond donors (Lipinski definition) is 0. The summed E-state index contributed by atoms with van der Waals surface area (Å²) in [5, 5.41) is 0. The second-order valence-corrected chi connectivity index (χ2v) is 2.59. The van der Waals surface area contributed by atoms with Crippen LogP contribution in [0.1, 0.15) is 25.0 Å². The van der Waals surface area contributed by atoms with Gasteiger partial charge in [0.15, 0.2) is 0 Å². The highest BCUT2D eigenvalue weighted by molar-refractivity contribution is 7.09. The first kappa shape index (κ1) is 8.63. The Hall–Kier alpha value is -0.460. The van der Waals surface area contributed by atoms with E-state index < -0.39 is 0 Å². The third-order valence-corrected chi connectivity index (χ3v) is 1.92. The van der Waals surface area contributed by atoms with Crippen LogP contribution in [-0.4, -0.2) is 4.98 Å². The van der Waals surface area contributed by atoms with Gasteiger partial charge < -0.3 is 4.52 Å². The molecule has 1 rings (SSSR count). The Kier molecular flexibility index (Phi) is 3.47. The molecule has 11 heavy (non-hydrogen) atoms. The van der Waals surface area contributed by atoms with Crippen LogP contribution < -0.4 is 0 Å². The summed E-state index contributed by atoms with van der Waals surface area (Å²) in [5.74, 6) is 0. The smallest absolute Gasteiger partial charge is 0.0872 e. The van der Waals surface area contributed by atoms with Crippen LogP contribution in [0, 0.1) is 0 Å². The number of nitrogens with zero attached hydrogens (tertiary/aromatic N) is 1. The van der Waals surface area contributed by atoms with Crippen molar-refractivity contribution in [2.75, 3.05) is 0 Å². The maximum atomic E-state index is 5.16. The Morgan fingerprint density at radius 2 is 2.55 bits per heavy atom. The van der Waals surface area contributed by atoms with Crippen molar-refractivity contribution in [1.82, 2.24) is 4.98 Å². The van der Waals surface area contributed by atoms with E-state index in [0.717, 1.165) is 12.0 Å². The van der Waals surface area contributed by atoms with Crippen LogP contribution in [0.5, 0.6) is 0 Å². The van der Waals surface area contributed by atoms with Gasteiger partial charge in [0.1, 0.15) is 0 Å². The van der Waals surface area contributed by atoms with Gasteiger partial charge >= 0.3 is 0 Å². The molecule has 2 nitrogen and oxygen atoms in total. The molecular weight excluding hydrogens is 157 g/mol. The van der Waals surface area contributed by atoms with Crippen LogP contribution in [0.15, 0.2) is 24.5 Å². The topological polar surface area (TPSA) is 22.1 Å². The van der Waals surface area contributed by atoms with Gasteiger partial charge in [-0.15, -0.1) is 0 Å². The van der Waals surface area contributed by atoms with E-state index in [1.165, 1.54) is 0 Å². The Labute approximate surface area is 69.3 Å². The van der Waals surface area contributed by atoms with E-state index in [1.807, 2.05) is 18.3 Å². The maximum Gasteiger partial charge on any atom is 0.0872 e. The van der Waals surface area contributed by atoms with Gasteiger partial charge in [-0.2, -0.15) is 0 Å². The molecule has 0 aliphatic heterocycles. The predicted octanol–water partition coefficient (Wildman–Crippen LogP) is 2.34. The van der Waals surface area contributed by atoms with Gasteiger partial charge in [-0.25, -0.2) is 0 Å². The zero-order valence-corrected chi connectivity index (χ0v) is 7.68. The number of aromatic nitrogens is 1. The van der Waals surface area contributed by atoms with Crippen LogP contribution in [0.4, 0.5) is 0 Å². The minimum atomic E-state index is 0.161. The fourth-order valence-corrected chi connectivity index (χ4v) is 1.33. The van der Waals surface area contributed by atoms with Crippen molar-refractivity contribution in [3.63, 3.8) is 0 Å². The normalized spacial score (nSPS) is 12.9. The highest BCUT2D eigenvalue weighted by Gasteiger charge is 2.05. The Bertz CT molecular complexity index is 199. The first-order valence-corrected chi connectivity index (χ1v) is 4.11. The Morgan fingerprint density at radius 1 is 1.73 bits per heavy atom. The van der Waals surface area contributed by atoms with E-state index >= 15 is 0 Å². The first-order valence-electron chi connectivity index (χ1n) is 3.64. The van der Waals surface area contributed by atoms with Crippen LogP contribution in [0.25, 0.3) is 0 Å². The lowest BCUT2D eigenvalue weighted by Crippen LogP contribution is -1.96. The van der Waals surface area contributed by atoms with Gasteiger partial charge in [-0.3, -0.25) is 4.98 Å². The lowest BCUT2D eigenvalue weighted by Gasteiger charge is -2.11. The van der Waals surface area contributed by atoms with E-state index in [-0.39, 0.29) is 6.10 Å². The highest BCUT2D eigenvalue weighted by Crippen LogP contribution is 2.21. The number of pyridine rings is 1. The van der Waals surface area contributed by atoms with Crippen molar-refractivity contribution in [1.29, 1.82) is 0 Å². The lowest BCUT2D eigenvalue weighted by molar-refractivity contribution is 0.240. The molecule has 1 heterocycles. The first-order chi connectivity index (χ1) is 5.38.